The number of hydrogen-bond donors (Lipinski definition) is 6. The Morgan fingerprint density at radius 3 is 2.35 bits per heavy atom. The molecule has 0 saturated heterocycles. The standard InChI is InChI=1S/C16H14F3N3S.C7H7NO3/c17-16(18,19)11-4-2-6-13(8-11)21-15-22-14(9-23-15)10-3-1-5-12(20)7-10;8-4-1-2-6(9)5(3-4)7(10)11/h1-9,15,21-22H,20H2;1-3,9H,8H2,(H,10,11). The summed E-state index contributed by atoms with van der Waals surface area (Å²) < 4.78 is 38.2. The molecule has 3 aromatic carbocycles. The van der Waals surface area contributed by atoms with E-state index in [1.54, 1.807) is 12.1 Å². The van der Waals surface area contributed by atoms with Crippen molar-refractivity contribution in [3.05, 3.63) is 88.8 Å². The molecule has 1 aliphatic heterocycles. The lowest BCUT2D eigenvalue weighted by molar-refractivity contribution is -0.137. The van der Waals surface area contributed by atoms with E-state index in [1.165, 1.54) is 36.0 Å². The Hall–Kier alpha value is -3.99. The van der Waals surface area contributed by atoms with Gasteiger partial charge in [-0.2, -0.15) is 13.2 Å². The van der Waals surface area contributed by atoms with Crippen LogP contribution in [0.1, 0.15) is 21.5 Å². The minimum atomic E-state index is -4.35. The van der Waals surface area contributed by atoms with Crippen molar-refractivity contribution in [3.8, 4) is 5.75 Å². The number of anilines is 3. The maximum Gasteiger partial charge on any atom is 0.416 e. The van der Waals surface area contributed by atoms with Crippen LogP contribution in [0.15, 0.2) is 72.1 Å². The molecule has 11 heteroatoms. The first kappa shape index (κ1) is 24.6. The number of carbonyl (C=O) groups is 1. The van der Waals surface area contributed by atoms with Gasteiger partial charge in [-0.3, -0.25) is 0 Å². The van der Waals surface area contributed by atoms with Gasteiger partial charge in [0.25, 0.3) is 0 Å². The van der Waals surface area contributed by atoms with Crippen LogP contribution >= 0.6 is 11.8 Å². The number of halogens is 3. The quantitative estimate of drug-likeness (QED) is 0.223. The molecule has 0 amide bonds. The molecule has 8 N–H and O–H groups in total. The third-order valence-corrected chi connectivity index (χ3v) is 5.42. The van der Waals surface area contributed by atoms with E-state index in [0.29, 0.717) is 17.1 Å². The van der Waals surface area contributed by atoms with Crippen LogP contribution in [0.3, 0.4) is 0 Å². The van der Waals surface area contributed by atoms with E-state index >= 15 is 0 Å². The van der Waals surface area contributed by atoms with Gasteiger partial charge in [0.2, 0.25) is 0 Å². The van der Waals surface area contributed by atoms with Crippen molar-refractivity contribution in [3.63, 3.8) is 0 Å². The number of carboxylic acids is 1. The van der Waals surface area contributed by atoms with Gasteiger partial charge in [-0.25, -0.2) is 4.79 Å². The second-order valence-corrected chi connectivity index (χ2v) is 8.10. The molecule has 1 aliphatic rings. The van der Waals surface area contributed by atoms with Gasteiger partial charge in [0.1, 0.15) is 16.8 Å². The van der Waals surface area contributed by atoms with E-state index in [9.17, 15) is 18.0 Å². The molecule has 178 valence electrons. The monoisotopic (exact) mass is 490 g/mol. The van der Waals surface area contributed by atoms with E-state index in [1.807, 2.05) is 23.6 Å². The predicted octanol–water partition coefficient (Wildman–Crippen LogP) is 4.99. The highest BCUT2D eigenvalue weighted by Crippen LogP contribution is 2.33. The van der Waals surface area contributed by atoms with Crippen LogP contribution in [0.5, 0.6) is 5.75 Å². The molecule has 0 aliphatic carbocycles. The summed E-state index contributed by atoms with van der Waals surface area (Å²) in [6, 6.07) is 16.4. The Labute approximate surface area is 197 Å². The molecular formula is C23H21F3N4O3S. The molecule has 0 saturated carbocycles. The summed E-state index contributed by atoms with van der Waals surface area (Å²) in [5.74, 6) is -1.46. The summed E-state index contributed by atoms with van der Waals surface area (Å²) >= 11 is 1.45. The van der Waals surface area contributed by atoms with E-state index in [2.05, 4.69) is 10.6 Å². The Bertz CT molecular complexity index is 1220. The summed E-state index contributed by atoms with van der Waals surface area (Å²) in [5, 5.41) is 25.6. The molecule has 34 heavy (non-hydrogen) atoms. The number of nitrogens with two attached hydrogens (primary N) is 2. The molecule has 4 rings (SSSR count). The normalized spacial score (nSPS) is 14.9. The first-order valence-corrected chi connectivity index (χ1v) is 10.7. The van der Waals surface area contributed by atoms with Gasteiger partial charge >= 0.3 is 12.1 Å². The number of rotatable bonds is 4. The second kappa shape index (κ2) is 10.3. The lowest BCUT2D eigenvalue weighted by atomic mass is 10.1. The van der Waals surface area contributed by atoms with Crippen molar-refractivity contribution in [2.45, 2.75) is 11.7 Å². The Morgan fingerprint density at radius 2 is 1.71 bits per heavy atom. The molecule has 0 spiro atoms. The molecular weight excluding hydrogens is 469 g/mol. The number of carboxylic acid groups (broad SMARTS) is 1. The summed E-state index contributed by atoms with van der Waals surface area (Å²) in [4.78, 5) is 10.4. The Balaban J connectivity index is 0.000000248. The Kier molecular flexibility index (Phi) is 7.47. The van der Waals surface area contributed by atoms with Gasteiger partial charge in [0.15, 0.2) is 0 Å². The first-order valence-electron chi connectivity index (χ1n) is 9.76. The molecule has 1 heterocycles. The van der Waals surface area contributed by atoms with Gasteiger partial charge in [-0.1, -0.05) is 30.0 Å². The summed E-state index contributed by atoms with van der Waals surface area (Å²) in [6.07, 6.45) is -4.35. The number of phenols is 1. The van der Waals surface area contributed by atoms with Crippen molar-refractivity contribution in [2.75, 3.05) is 16.8 Å². The molecule has 0 aromatic heterocycles. The van der Waals surface area contributed by atoms with Crippen LogP contribution in [0.4, 0.5) is 30.2 Å². The molecule has 7 nitrogen and oxygen atoms in total. The van der Waals surface area contributed by atoms with Crippen molar-refractivity contribution in [1.29, 1.82) is 0 Å². The predicted molar refractivity (Wildman–Crippen MR) is 128 cm³/mol. The molecule has 0 fully saturated rings. The van der Waals surface area contributed by atoms with Gasteiger partial charge in [0, 0.05) is 22.6 Å². The topological polar surface area (TPSA) is 134 Å². The van der Waals surface area contributed by atoms with E-state index in [-0.39, 0.29) is 16.8 Å². The van der Waals surface area contributed by atoms with Crippen LogP contribution < -0.4 is 22.1 Å². The average molecular weight is 491 g/mol. The zero-order valence-corrected chi connectivity index (χ0v) is 18.3. The maximum atomic E-state index is 12.7. The van der Waals surface area contributed by atoms with Gasteiger partial charge in [-0.05, 0) is 53.9 Å². The zero-order chi connectivity index (χ0) is 24.9. The van der Waals surface area contributed by atoms with Crippen molar-refractivity contribution in [1.82, 2.24) is 5.32 Å². The Morgan fingerprint density at radius 1 is 1.00 bits per heavy atom. The van der Waals surface area contributed by atoms with Crippen LogP contribution in [-0.2, 0) is 6.18 Å². The van der Waals surface area contributed by atoms with Crippen molar-refractivity contribution in [2.24, 2.45) is 0 Å². The number of aromatic carboxylic acids is 1. The third-order valence-electron chi connectivity index (χ3n) is 4.54. The van der Waals surface area contributed by atoms with Crippen LogP contribution in [0, 0.1) is 0 Å². The molecule has 3 aromatic rings. The largest absolute Gasteiger partial charge is 0.507 e. The minimum absolute atomic E-state index is 0.176. The fourth-order valence-electron chi connectivity index (χ4n) is 2.93. The van der Waals surface area contributed by atoms with Gasteiger partial charge in [-0.15, -0.1) is 0 Å². The highest BCUT2D eigenvalue weighted by Gasteiger charge is 2.30. The third kappa shape index (κ3) is 6.51. The van der Waals surface area contributed by atoms with Crippen LogP contribution in [-0.4, -0.2) is 21.7 Å². The lowest BCUT2D eigenvalue weighted by Crippen LogP contribution is -2.28. The van der Waals surface area contributed by atoms with Crippen molar-refractivity contribution >= 4 is 40.5 Å². The number of alkyl halides is 3. The van der Waals surface area contributed by atoms with Crippen LogP contribution in [0.25, 0.3) is 5.70 Å². The molecule has 1 unspecified atom stereocenters. The smallest absolute Gasteiger partial charge is 0.416 e. The van der Waals surface area contributed by atoms with Gasteiger partial charge < -0.3 is 32.3 Å². The summed E-state index contributed by atoms with van der Waals surface area (Å²) in [5.41, 5.74) is 13.2. The van der Waals surface area contributed by atoms with Crippen molar-refractivity contribution < 1.29 is 28.2 Å². The molecule has 0 radical (unpaired) electrons. The maximum absolute atomic E-state index is 12.7. The fourth-order valence-corrected chi connectivity index (χ4v) is 3.81. The SMILES string of the molecule is Nc1ccc(O)c(C(=O)O)c1.Nc1cccc(C2=CSC(Nc3cccc(C(F)(F)F)c3)N2)c1. The first-order chi connectivity index (χ1) is 16.0. The fraction of sp³-hybridized carbons (Fsp3) is 0.0870. The number of hydrogen-bond acceptors (Lipinski definition) is 7. The zero-order valence-electron chi connectivity index (χ0n) is 17.5. The van der Waals surface area contributed by atoms with Crippen LogP contribution in [0.2, 0.25) is 0 Å². The lowest BCUT2D eigenvalue weighted by Gasteiger charge is -2.17. The number of aromatic hydroxyl groups is 1. The number of nitrogens with one attached hydrogen (secondary N) is 2. The number of benzene rings is 3. The minimum Gasteiger partial charge on any atom is -0.507 e. The molecule has 0 bridgehead atoms. The number of nitrogen functional groups attached to an aromatic ring is 2. The highest BCUT2D eigenvalue weighted by atomic mass is 32.2. The second-order valence-electron chi connectivity index (χ2n) is 7.12. The van der Waals surface area contributed by atoms with Gasteiger partial charge in [0.05, 0.1) is 11.3 Å². The van der Waals surface area contributed by atoms with E-state index in [4.69, 9.17) is 21.7 Å². The summed E-state index contributed by atoms with van der Waals surface area (Å²) in [7, 11) is 0. The highest BCUT2D eigenvalue weighted by molar-refractivity contribution is 8.03. The average Bonchev–Trinajstić information content (AvgIpc) is 3.24. The molecule has 1 atom stereocenters. The van der Waals surface area contributed by atoms with E-state index < -0.39 is 17.7 Å². The number of thioether (sulfide) groups is 1. The van der Waals surface area contributed by atoms with E-state index in [0.717, 1.165) is 23.4 Å². The summed E-state index contributed by atoms with van der Waals surface area (Å²) in [6.45, 7) is 0.